The largest absolute Gasteiger partial charge is 0.457 e. The summed E-state index contributed by atoms with van der Waals surface area (Å²) < 4.78 is 5.70. The summed E-state index contributed by atoms with van der Waals surface area (Å²) in [6.45, 7) is 0. The van der Waals surface area contributed by atoms with Crippen molar-refractivity contribution in [1.82, 2.24) is 10.3 Å². The second-order valence-corrected chi connectivity index (χ2v) is 5.67. The second kappa shape index (κ2) is 7.34. The maximum absolute atomic E-state index is 11.8. The number of nitrogens with zero attached hydrogens (tertiary/aromatic N) is 1. The highest BCUT2D eigenvalue weighted by molar-refractivity contribution is 6.42. The van der Waals surface area contributed by atoms with Crippen molar-refractivity contribution in [3.63, 3.8) is 0 Å². The van der Waals surface area contributed by atoms with Crippen molar-refractivity contribution in [1.29, 1.82) is 0 Å². The Kier molecular flexibility index (Phi) is 4.99. The van der Waals surface area contributed by atoms with E-state index in [0.29, 0.717) is 27.3 Å². The Labute approximate surface area is 148 Å². The van der Waals surface area contributed by atoms with E-state index in [1.807, 2.05) is 12.1 Å². The number of benzene rings is 1. The molecule has 0 unspecified atom stereocenters. The molecule has 1 aromatic carbocycles. The van der Waals surface area contributed by atoms with E-state index in [0.717, 1.165) is 5.56 Å². The lowest BCUT2D eigenvalue weighted by atomic mass is 10.2. The molecule has 1 N–H and O–H groups in total. The minimum atomic E-state index is -0.289. The summed E-state index contributed by atoms with van der Waals surface area (Å²) >= 11 is 11.9. The van der Waals surface area contributed by atoms with Gasteiger partial charge >= 0.3 is 0 Å². The standard InChI is InChI=1S/C18H12Cl2N2O2/c19-14-6-4-12(11-15(14)20)17-7-5-13(24-17)8-10-22-18(23)16-3-1-2-9-21-16/h1-11H,(H,22,23). The van der Waals surface area contributed by atoms with E-state index in [1.54, 1.807) is 48.7 Å². The number of pyridine rings is 1. The van der Waals surface area contributed by atoms with Crippen LogP contribution in [0.5, 0.6) is 0 Å². The summed E-state index contributed by atoms with van der Waals surface area (Å²) in [5.41, 5.74) is 1.17. The van der Waals surface area contributed by atoms with Crippen molar-refractivity contribution >= 4 is 35.2 Å². The van der Waals surface area contributed by atoms with E-state index >= 15 is 0 Å². The van der Waals surface area contributed by atoms with Gasteiger partial charge in [0, 0.05) is 18.0 Å². The summed E-state index contributed by atoms with van der Waals surface area (Å²) in [6, 6.07) is 14.0. The molecule has 0 spiro atoms. The normalized spacial score (nSPS) is 10.9. The summed E-state index contributed by atoms with van der Waals surface area (Å²) in [4.78, 5) is 15.8. The molecular formula is C18H12Cl2N2O2. The van der Waals surface area contributed by atoms with Gasteiger partial charge in [0.25, 0.3) is 5.91 Å². The summed E-state index contributed by atoms with van der Waals surface area (Å²) in [5.74, 6) is 0.963. The zero-order chi connectivity index (χ0) is 16.9. The van der Waals surface area contributed by atoms with Gasteiger partial charge in [-0.2, -0.15) is 0 Å². The molecule has 6 heteroatoms. The third-order valence-corrected chi connectivity index (χ3v) is 3.93. The van der Waals surface area contributed by atoms with Crippen LogP contribution in [0, 0.1) is 0 Å². The molecule has 0 saturated carbocycles. The monoisotopic (exact) mass is 358 g/mol. The van der Waals surface area contributed by atoms with Crippen LogP contribution in [-0.2, 0) is 0 Å². The van der Waals surface area contributed by atoms with E-state index < -0.39 is 0 Å². The predicted octanol–water partition coefficient (Wildman–Crippen LogP) is 5.05. The lowest BCUT2D eigenvalue weighted by Gasteiger charge is -1.99. The van der Waals surface area contributed by atoms with Gasteiger partial charge in [-0.25, -0.2) is 0 Å². The molecule has 0 aliphatic rings. The lowest BCUT2D eigenvalue weighted by molar-refractivity contribution is 0.0965. The molecular weight excluding hydrogens is 347 g/mol. The minimum Gasteiger partial charge on any atom is -0.457 e. The van der Waals surface area contributed by atoms with Gasteiger partial charge in [-0.1, -0.05) is 29.3 Å². The van der Waals surface area contributed by atoms with Crippen LogP contribution in [0.3, 0.4) is 0 Å². The Bertz CT molecular complexity index is 889. The van der Waals surface area contributed by atoms with Gasteiger partial charge in [0.2, 0.25) is 0 Å². The van der Waals surface area contributed by atoms with Crippen molar-refractivity contribution in [2.75, 3.05) is 0 Å². The van der Waals surface area contributed by atoms with E-state index in [1.165, 1.54) is 6.20 Å². The van der Waals surface area contributed by atoms with E-state index in [4.69, 9.17) is 27.6 Å². The van der Waals surface area contributed by atoms with Gasteiger partial charge in [-0.05, 0) is 48.5 Å². The van der Waals surface area contributed by atoms with Crippen molar-refractivity contribution in [2.45, 2.75) is 0 Å². The molecule has 3 aromatic rings. The molecule has 0 radical (unpaired) electrons. The fraction of sp³-hybridized carbons (Fsp3) is 0. The van der Waals surface area contributed by atoms with Crippen LogP contribution < -0.4 is 5.32 Å². The molecule has 2 heterocycles. The van der Waals surface area contributed by atoms with Crippen molar-refractivity contribution in [2.24, 2.45) is 0 Å². The maximum Gasteiger partial charge on any atom is 0.273 e. The van der Waals surface area contributed by atoms with Gasteiger partial charge in [0.05, 0.1) is 10.0 Å². The smallest absolute Gasteiger partial charge is 0.273 e. The maximum atomic E-state index is 11.8. The molecule has 4 nitrogen and oxygen atoms in total. The van der Waals surface area contributed by atoms with Gasteiger partial charge < -0.3 is 9.73 Å². The number of carbonyl (C=O) groups is 1. The highest BCUT2D eigenvalue weighted by atomic mass is 35.5. The lowest BCUT2D eigenvalue weighted by Crippen LogP contribution is -2.17. The molecule has 0 bridgehead atoms. The van der Waals surface area contributed by atoms with Gasteiger partial charge in [0.15, 0.2) is 0 Å². The Morgan fingerprint density at radius 1 is 1.08 bits per heavy atom. The molecule has 24 heavy (non-hydrogen) atoms. The second-order valence-electron chi connectivity index (χ2n) is 4.85. The number of furan rings is 1. The molecule has 0 aliphatic heterocycles. The van der Waals surface area contributed by atoms with Crippen molar-refractivity contribution in [3.05, 3.63) is 82.4 Å². The number of nitrogens with one attached hydrogen (secondary N) is 1. The number of hydrogen-bond acceptors (Lipinski definition) is 3. The first-order valence-electron chi connectivity index (χ1n) is 7.07. The number of rotatable bonds is 4. The fourth-order valence-electron chi connectivity index (χ4n) is 2.02. The SMILES string of the molecule is O=C(NC=Cc1ccc(-c2ccc(Cl)c(Cl)c2)o1)c1ccccn1. The fourth-order valence-corrected chi connectivity index (χ4v) is 2.32. The van der Waals surface area contributed by atoms with Gasteiger partial charge in [-0.15, -0.1) is 0 Å². The Morgan fingerprint density at radius 3 is 2.71 bits per heavy atom. The van der Waals surface area contributed by atoms with Crippen LogP contribution in [0.25, 0.3) is 17.4 Å². The first kappa shape index (κ1) is 16.3. The number of hydrogen-bond donors (Lipinski definition) is 1. The Hall–Kier alpha value is -2.56. The molecule has 0 aliphatic carbocycles. The van der Waals surface area contributed by atoms with Gasteiger partial charge in [0.1, 0.15) is 17.2 Å². The molecule has 120 valence electrons. The summed E-state index contributed by atoms with van der Waals surface area (Å²) in [5, 5.41) is 3.59. The summed E-state index contributed by atoms with van der Waals surface area (Å²) in [7, 11) is 0. The first-order valence-corrected chi connectivity index (χ1v) is 7.83. The van der Waals surface area contributed by atoms with E-state index in [2.05, 4.69) is 10.3 Å². The Balaban J connectivity index is 1.67. The topological polar surface area (TPSA) is 55.1 Å². The van der Waals surface area contributed by atoms with E-state index in [-0.39, 0.29) is 5.91 Å². The zero-order valence-corrected chi connectivity index (χ0v) is 13.9. The molecule has 1 amide bonds. The predicted molar refractivity (Wildman–Crippen MR) is 94.9 cm³/mol. The average Bonchev–Trinajstić information content (AvgIpc) is 3.07. The van der Waals surface area contributed by atoms with Crippen LogP contribution in [-0.4, -0.2) is 10.9 Å². The number of halogens is 2. The van der Waals surface area contributed by atoms with Crippen LogP contribution >= 0.6 is 23.2 Å². The van der Waals surface area contributed by atoms with Crippen LogP contribution in [0.4, 0.5) is 0 Å². The minimum absolute atomic E-state index is 0.289. The molecule has 0 atom stereocenters. The quantitative estimate of drug-likeness (QED) is 0.709. The highest BCUT2D eigenvalue weighted by Gasteiger charge is 2.06. The first-order chi connectivity index (χ1) is 11.6. The number of amides is 1. The number of aromatic nitrogens is 1. The molecule has 0 fully saturated rings. The van der Waals surface area contributed by atoms with Crippen LogP contribution in [0.15, 0.2) is 65.3 Å². The van der Waals surface area contributed by atoms with Gasteiger partial charge in [-0.3, -0.25) is 9.78 Å². The average molecular weight is 359 g/mol. The highest BCUT2D eigenvalue weighted by Crippen LogP contribution is 2.29. The van der Waals surface area contributed by atoms with E-state index in [9.17, 15) is 4.79 Å². The third-order valence-electron chi connectivity index (χ3n) is 3.19. The molecule has 3 rings (SSSR count). The van der Waals surface area contributed by atoms with Crippen molar-refractivity contribution in [3.8, 4) is 11.3 Å². The summed E-state index contributed by atoms with van der Waals surface area (Å²) in [6.07, 6.45) is 4.73. The van der Waals surface area contributed by atoms with Crippen LogP contribution in [0.1, 0.15) is 16.2 Å². The molecule has 0 saturated heterocycles. The van der Waals surface area contributed by atoms with Crippen molar-refractivity contribution < 1.29 is 9.21 Å². The van der Waals surface area contributed by atoms with Crippen LogP contribution in [0.2, 0.25) is 10.0 Å². The third kappa shape index (κ3) is 3.85. The number of carbonyl (C=O) groups excluding carboxylic acids is 1. The molecule has 2 aromatic heterocycles. The Morgan fingerprint density at radius 2 is 1.96 bits per heavy atom. The zero-order valence-electron chi connectivity index (χ0n) is 12.4.